The lowest BCUT2D eigenvalue weighted by atomic mass is 10.0. The highest BCUT2D eigenvalue weighted by Crippen LogP contribution is 2.34. The zero-order valence-corrected chi connectivity index (χ0v) is 15.8. The third-order valence-corrected chi connectivity index (χ3v) is 6.01. The Bertz CT molecular complexity index is 759. The molecule has 8 heteroatoms. The number of hydrogen-bond acceptors (Lipinski definition) is 5. The predicted octanol–water partition coefficient (Wildman–Crippen LogP) is 2.60. The van der Waals surface area contributed by atoms with E-state index in [2.05, 4.69) is 5.32 Å². The van der Waals surface area contributed by atoms with Crippen LogP contribution in [0.1, 0.15) is 50.6 Å². The Morgan fingerprint density at radius 3 is 2.77 bits per heavy atom. The molecule has 2 aliphatic rings. The van der Waals surface area contributed by atoms with Gasteiger partial charge >= 0.3 is 0 Å². The van der Waals surface area contributed by atoms with Crippen LogP contribution in [-0.4, -0.2) is 49.6 Å². The Morgan fingerprint density at radius 2 is 2.19 bits per heavy atom. The van der Waals surface area contributed by atoms with Crippen LogP contribution in [0.5, 0.6) is 0 Å². The van der Waals surface area contributed by atoms with Crippen LogP contribution in [0.4, 0.5) is 5.69 Å². The Morgan fingerprint density at radius 1 is 1.38 bits per heavy atom. The number of nitrogens with one attached hydrogen (secondary N) is 1. The monoisotopic (exact) mass is 382 g/mol. The van der Waals surface area contributed by atoms with E-state index in [9.17, 15) is 17.8 Å². The molecule has 0 bridgehead atoms. The van der Waals surface area contributed by atoms with Crippen LogP contribution < -0.4 is 5.32 Å². The van der Waals surface area contributed by atoms with E-state index in [1.807, 2.05) is 6.92 Å². The molecule has 1 amide bonds. The highest BCUT2D eigenvalue weighted by Gasteiger charge is 2.31. The largest absolute Gasteiger partial charge is 0.382 e. The summed E-state index contributed by atoms with van der Waals surface area (Å²) in [6.07, 6.45) is 4.03. The minimum atomic E-state index is -4.37. The number of carbonyl (C=O) groups is 1. The van der Waals surface area contributed by atoms with E-state index in [0.29, 0.717) is 31.5 Å². The summed E-state index contributed by atoms with van der Waals surface area (Å²) >= 11 is 0. The second-order valence-corrected chi connectivity index (χ2v) is 8.25. The maximum absolute atomic E-state index is 12.2. The van der Waals surface area contributed by atoms with Crippen molar-refractivity contribution in [2.75, 3.05) is 25.0 Å². The topological polar surface area (TPSA) is 95.9 Å². The maximum atomic E-state index is 12.2. The molecule has 7 nitrogen and oxygen atoms in total. The van der Waals surface area contributed by atoms with Gasteiger partial charge in [-0.25, -0.2) is 0 Å². The second kappa shape index (κ2) is 7.94. The van der Waals surface area contributed by atoms with E-state index in [4.69, 9.17) is 4.74 Å². The Hall–Kier alpha value is -1.64. The number of amides is 1. The van der Waals surface area contributed by atoms with Gasteiger partial charge in [-0.1, -0.05) is 6.92 Å². The first-order valence-corrected chi connectivity index (χ1v) is 10.6. The zero-order chi connectivity index (χ0) is 18.7. The van der Waals surface area contributed by atoms with Gasteiger partial charge in [0, 0.05) is 31.8 Å². The average molecular weight is 382 g/mol. The number of nitrogens with zero attached hydrogens (tertiary/aromatic N) is 1. The fourth-order valence-electron chi connectivity index (χ4n) is 3.80. The van der Waals surface area contributed by atoms with Gasteiger partial charge in [-0.15, -0.1) is 0 Å². The Kier molecular flexibility index (Phi) is 5.84. The van der Waals surface area contributed by atoms with Crippen molar-refractivity contribution < 1.29 is 22.5 Å². The molecular formula is C18H26N2O5S. The number of hydrogen-bond donors (Lipinski definition) is 2. The summed E-state index contributed by atoms with van der Waals surface area (Å²) in [6.45, 7) is 3.94. The Labute approximate surface area is 154 Å². The number of rotatable bonds is 7. The van der Waals surface area contributed by atoms with Crippen molar-refractivity contribution in [2.45, 2.75) is 56.1 Å². The van der Waals surface area contributed by atoms with Crippen molar-refractivity contribution >= 4 is 21.7 Å². The highest BCUT2D eigenvalue weighted by atomic mass is 32.2. The van der Waals surface area contributed by atoms with E-state index < -0.39 is 10.1 Å². The number of likely N-dealkylation sites (tertiary alicyclic amines) is 1. The van der Waals surface area contributed by atoms with Gasteiger partial charge in [0.15, 0.2) is 0 Å². The fraction of sp³-hybridized carbons (Fsp3) is 0.611. The molecule has 2 saturated heterocycles. The smallest absolute Gasteiger partial charge is 0.294 e. The van der Waals surface area contributed by atoms with Gasteiger partial charge in [0.2, 0.25) is 5.91 Å². The van der Waals surface area contributed by atoms with Crippen molar-refractivity contribution in [3.63, 3.8) is 0 Å². The maximum Gasteiger partial charge on any atom is 0.294 e. The lowest BCUT2D eigenvalue weighted by molar-refractivity contribution is -0.129. The molecule has 2 N–H and O–H groups in total. The first-order valence-electron chi connectivity index (χ1n) is 9.16. The Balaban J connectivity index is 1.90. The van der Waals surface area contributed by atoms with Crippen LogP contribution in [0.2, 0.25) is 0 Å². The van der Waals surface area contributed by atoms with Gasteiger partial charge in [0.25, 0.3) is 10.1 Å². The van der Waals surface area contributed by atoms with Crippen LogP contribution in [-0.2, 0) is 19.6 Å². The van der Waals surface area contributed by atoms with E-state index >= 15 is 0 Å². The van der Waals surface area contributed by atoms with E-state index in [1.54, 1.807) is 17.0 Å². The predicted molar refractivity (Wildman–Crippen MR) is 97.7 cm³/mol. The van der Waals surface area contributed by atoms with Crippen LogP contribution >= 0.6 is 0 Å². The van der Waals surface area contributed by atoms with Crippen LogP contribution in [0, 0.1) is 0 Å². The van der Waals surface area contributed by atoms with Crippen molar-refractivity contribution in [1.29, 1.82) is 0 Å². The summed E-state index contributed by atoms with van der Waals surface area (Å²) in [5, 5.41) is 3.28. The van der Waals surface area contributed by atoms with Crippen LogP contribution in [0.15, 0.2) is 23.1 Å². The van der Waals surface area contributed by atoms with Gasteiger partial charge in [-0.2, -0.15) is 8.42 Å². The molecule has 2 fully saturated rings. The van der Waals surface area contributed by atoms with Gasteiger partial charge in [-0.3, -0.25) is 9.35 Å². The molecule has 0 radical (unpaired) electrons. The zero-order valence-electron chi connectivity index (χ0n) is 15.0. The van der Waals surface area contributed by atoms with Gasteiger partial charge < -0.3 is 15.0 Å². The van der Waals surface area contributed by atoms with Crippen molar-refractivity contribution in [3.8, 4) is 0 Å². The summed E-state index contributed by atoms with van der Waals surface area (Å²) in [5.41, 5.74) is 1.22. The average Bonchev–Trinajstić information content (AvgIpc) is 3.25. The SMILES string of the molecule is CCC(c1cc(NCC2CCCO2)ccc1S(=O)(=O)O)N1CCCC1=O. The van der Waals surface area contributed by atoms with Crippen molar-refractivity contribution in [1.82, 2.24) is 4.90 Å². The van der Waals surface area contributed by atoms with E-state index in [0.717, 1.165) is 31.6 Å². The fourth-order valence-corrected chi connectivity index (χ4v) is 4.53. The lowest BCUT2D eigenvalue weighted by Crippen LogP contribution is -2.30. The first kappa shape index (κ1) is 19.1. The standard InChI is InChI=1S/C18H26N2O5S/c1-2-16(20-9-3-6-18(20)21)15-11-13(7-8-17(15)26(22,23)24)19-12-14-5-4-10-25-14/h7-8,11,14,16,19H,2-6,9-10,12H2,1H3,(H,22,23,24). The van der Waals surface area contributed by atoms with Crippen LogP contribution in [0.25, 0.3) is 0 Å². The van der Waals surface area contributed by atoms with Crippen molar-refractivity contribution in [2.24, 2.45) is 0 Å². The lowest BCUT2D eigenvalue weighted by Gasteiger charge is -2.29. The molecule has 0 aliphatic carbocycles. The summed E-state index contributed by atoms with van der Waals surface area (Å²) in [5.74, 6) is 0.0239. The van der Waals surface area contributed by atoms with E-state index in [-0.39, 0.29) is 22.9 Å². The molecule has 1 aromatic rings. The molecule has 0 aromatic heterocycles. The molecule has 0 saturated carbocycles. The second-order valence-electron chi connectivity index (χ2n) is 6.86. The van der Waals surface area contributed by atoms with Gasteiger partial charge in [0.1, 0.15) is 0 Å². The number of benzene rings is 1. The quantitative estimate of drug-likeness (QED) is 0.704. The van der Waals surface area contributed by atoms with Crippen molar-refractivity contribution in [3.05, 3.63) is 23.8 Å². The van der Waals surface area contributed by atoms with E-state index in [1.165, 1.54) is 6.07 Å². The summed E-state index contributed by atoms with van der Waals surface area (Å²) in [4.78, 5) is 13.8. The molecular weight excluding hydrogens is 356 g/mol. The first-order chi connectivity index (χ1) is 12.4. The third kappa shape index (κ3) is 4.19. The summed E-state index contributed by atoms with van der Waals surface area (Å²) in [7, 11) is -4.37. The van der Waals surface area contributed by atoms with Gasteiger partial charge in [0.05, 0.1) is 17.0 Å². The van der Waals surface area contributed by atoms with Crippen LogP contribution in [0.3, 0.4) is 0 Å². The minimum Gasteiger partial charge on any atom is -0.382 e. The molecule has 1 aromatic carbocycles. The number of anilines is 1. The molecule has 2 aliphatic heterocycles. The summed E-state index contributed by atoms with van der Waals surface area (Å²) < 4.78 is 39.0. The molecule has 2 unspecified atom stereocenters. The molecule has 3 rings (SSSR count). The molecule has 0 spiro atoms. The summed E-state index contributed by atoms with van der Waals surface area (Å²) in [6, 6.07) is 4.41. The molecule has 26 heavy (non-hydrogen) atoms. The van der Waals surface area contributed by atoms with Gasteiger partial charge in [-0.05, 0) is 49.4 Å². The molecule has 144 valence electrons. The number of carbonyl (C=O) groups excluding carboxylic acids is 1. The number of ether oxygens (including phenoxy) is 1. The normalized spacial score (nSPS) is 22.0. The third-order valence-electron chi connectivity index (χ3n) is 5.08. The molecule has 2 atom stereocenters. The highest BCUT2D eigenvalue weighted by molar-refractivity contribution is 7.85. The minimum absolute atomic E-state index is 0.0239. The molecule has 2 heterocycles.